The average molecular weight is 102 g/mol. The number of alkyl halides is 1. The summed E-state index contributed by atoms with van der Waals surface area (Å²) in [6, 6.07) is 0. The molecule has 0 aliphatic rings. The molecule has 0 nitrogen and oxygen atoms in total. The van der Waals surface area contributed by atoms with Crippen LogP contribution < -0.4 is 0 Å². The third kappa shape index (κ3) is 2.66. The first-order valence-corrected chi connectivity index (χ1v) is 2.58. The Kier molecular flexibility index (Phi) is 1.85. The van der Waals surface area contributed by atoms with Gasteiger partial charge in [-0.2, -0.15) is 0 Å². The third-order valence-corrected chi connectivity index (χ3v) is 1.19. The Labute approximate surface area is 45.5 Å². The molecule has 0 saturated carbocycles. The second-order valence-electron chi connectivity index (χ2n) is 2.98. The highest BCUT2D eigenvalue weighted by molar-refractivity contribution is 6.11. The van der Waals surface area contributed by atoms with Crippen molar-refractivity contribution in [1.82, 2.24) is 0 Å². The van der Waals surface area contributed by atoms with Crippen LogP contribution in [0.5, 0.6) is 0 Å². The van der Waals surface area contributed by atoms with Crippen LogP contribution in [0, 0.1) is 5.41 Å². The van der Waals surface area contributed by atoms with Gasteiger partial charge >= 0.3 is 0 Å². The van der Waals surface area contributed by atoms with Crippen molar-refractivity contribution in [2.45, 2.75) is 26.8 Å². The fourth-order valence-electron chi connectivity index (χ4n) is 0. The molecule has 0 aliphatic carbocycles. The monoisotopic (exact) mass is 102 g/mol. The predicted octanol–water partition coefficient (Wildman–Crippen LogP) is 0.961. The van der Waals surface area contributed by atoms with Crippen LogP contribution in [0.25, 0.3) is 0 Å². The minimum Gasteiger partial charge on any atom is -0.257 e. The van der Waals surface area contributed by atoms with Gasteiger partial charge in [-0.15, -0.1) is 0 Å². The van der Waals surface area contributed by atoms with Crippen LogP contribution in [-0.2, 0) is 0 Å². The second-order valence-corrected chi connectivity index (χ2v) is 2.98. The Hall–Kier alpha value is -0.00506. The largest absolute Gasteiger partial charge is 0.257 e. The summed E-state index contributed by atoms with van der Waals surface area (Å²) in [7, 11) is 1.58. The summed E-state index contributed by atoms with van der Waals surface area (Å²) in [4.78, 5) is 0. The maximum Gasteiger partial charge on any atom is 0.146 e. The van der Waals surface area contributed by atoms with Gasteiger partial charge in [0.1, 0.15) is 7.85 Å². The van der Waals surface area contributed by atoms with Crippen molar-refractivity contribution in [2.75, 3.05) is 0 Å². The van der Waals surface area contributed by atoms with E-state index in [1.807, 2.05) is 20.8 Å². The zero-order chi connectivity index (χ0) is 6.08. The van der Waals surface area contributed by atoms with E-state index in [-0.39, 0.29) is 5.41 Å². The van der Waals surface area contributed by atoms with Gasteiger partial charge in [-0.05, 0) is 5.41 Å². The molecule has 0 aromatic heterocycles. The molecule has 42 valence electrons. The lowest BCUT2D eigenvalue weighted by atomic mass is 9.79. The van der Waals surface area contributed by atoms with Crippen LogP contribution in [0.1, 0.15) is 20.8 Å². The predicted molar refractivity (Wildman–Crippen MR) is 32.9 cm³/mol. The van der Waals surface area contributed by atoms with E-state index in [1.54, 1.807) is 7.85 Å². The van der Waals surface area contributed by atoms with Gasteiger partial charge in [-0.3, -0.25) is 4.39 Å². The molecule has 0 spiro atoms. The zero-order valence-corrected chi connectivity index (χ0v) is 5.46. The van der Waals surface area contributed by atoms with Crippen molar-refractivity contribution in [1.29, 1.82) is 0 Å². The van der Waals surface area contributed by atoms with Gasteiger partial charge < -0.3 is 0 Å². The molecule has 2 heteroatoms. The van der Waals surface area contributed by atoms with Crippen LogP contribution in [0.15, 0.2) is 0 Å². The van der Waals surface area contributed by atoms with Gasteiger partial charge in [-0.1, -0.05) is 20.8 Å². The Morgan fingerprint density at radius 1 is 1.43 bits per heavy atom. The van der Waals surface area contributed by atoms with Crippen molar-refractivity contribution in [2.24, 2.45) is 5.41 Å². The molecule has 0 rings (SSSR count). The first-order valence-electron chi connectivity index (χ1n) is 2.58. The smallest absolute Gasteiger partial charge is 0.146 e. The molecular weight excluding hydrogens is 89.9 g/mol. The molecule has 0 fully saturated rings. The average Bonchev–Trinajstić information content (AvgIpc) is 1.31. The molecule has 0 N–H and O–H groups in total. The number of halogens is 1. The Morgan fingerprint density at radius 2 is 1.57 bits per heavy atom. The molecular formula is C5H12BF. The first-order chi connectivity index (χ1) is 2.94. The molecule has 0 amide bonds. The van der Waals surface area contributed by atoms with Gasteiger partial charge in [0.25, 0.3) is 0 Å². The molecule has 0 aliphatic heterocycles. The van der Waals surface area contributed by atoms with E-state index in [2.05, 4.69) is 0 Å². The lowest BCUT2D eigenvalue weighted by molar-refractivity contribution is 0.242. The minimum atomic E-state index is -0.701. The molecule has 0 aromatic rings. The molecule has 0 saturated heterocycles. The molecule has 1 atom stereocenters. The van der Waals surface area contributed by atoms with Crippen LogP contribution in [-0.4, -0.2) is 13.9 Å². The summed E-state index contributed by atoms with van der Waals surface area (Å²) in [5.74, 6) is 0. The topological polar surface area (TPSA) is 0 Å². The van der Waals surface area contributed by atoms with E-state index < -0.39 is 6.07 Å². The molecule has 1 unspecified atom stereocenters. The SMILES string of the molecule is BC(F)C(C)(C)C. The Morgan fingerprint density at radius 3 is 1.57 bits per heavy atom. The molecule has 7 heavy (non-hydrogen) atoms. The van der Waals surface area contributed by atoms with Gasteiger partial charge in [0.15, 0.2) is 0 Å². The van der Waals surface area contributed by atoms with Gasteiger partial charge in [0.2, 0.25) is 0 Å². The summed E-state index contributed by atoms with van der Waals surface area (Å²) < 4.78 is 12.2. The summed E-state index contributed by atoms with van der Waals surface area (Å²) in [6.07, 6.45) is -0.701. The summed E-state index contributed by atoms with van der Waals surface area (Å²) in [5.41, 5.74) is -0.167. The van der Waals surface area contributed by atoms with E-state index in [0.29, 0.717) is 0 Å². The lowest BCUT2D eigenvalue weighted by Crippen LogP contribution is -2.21. The van der Waals surface area contributed by atoms with E-state index in [9.17, 15) is 4.39 Å². The molecule has 0 aromatic carbocycles. The third-order valence-electron chi connectivity index (χ3n) is 1.19. The Balaban J connectivity index is 3.54. The van der Waals surface area contributed by atoms with Crippen molar-refractivity contribution < 1.29 is 4.39 Å². The van der Waals surface area contributed by atoms with Crippen LogP contribution in [0.4, 0.5) is 4.39 Å². The minimum absolute atomic E-state index is 0.167. The van der Waals surface area contributed by atoms with E-state index >= 15 is 0 Å². The normalized spacial score (nSPS) is 16.6. The molecule has 0 heterocycles. The number of rotatable bonds is 0. The lowest BCUT2D eigenvalue weighted by Gasteiger charge is -2.19. The molecule has 0 bridgehead atoms. The highest BCUT2D eigenvalue weighted by Crippen LogP contribution is 2.18. The van der Waals surface area contributed by atoms with Crippen LogP contribution >= 0.6 is 0 Å². The maximum atomic E-state index is 12.2. The highest BCUT2D eigenvalue weighted by Gasteiger charge is 2.17. The summed E-state index contributed by atoms with van der Waals surface area (Å²) in [5, 5.41) is 0. The van der Waals surface area contributed by atoms with Gasteiger partial charge in [-0.25, -0.2) is 0 Å². The van der Waals surface area contributed by atoms with E-state index in [4.69, 9.17) is 0 Å². The standard InChI is InChI=1S/C5H12BF/c1-5(2,3)4(6)7/h4H,6H2,1-3H3. The fraction of sp³-hybridized carbons (Fsp3) is 1.00. The second kappa shape index (κ2) is 1.85. The van der Waals surface area contributed by atoms with Crippen molar-refractivity contribution in [3.05, 3.63) is 0 Å². The van der Waals surface area contributed by atoms with Gasteiger partial charge in [0.05, 0.1) is 6.07 Å². The highest BCUT2D eigenvalue weighted by atomic mass is 19.1. The fourth-order valence-corrected chi connectivity index (χ4v) is 0. The first kappa shape index (κ1) is 6.99. The summed E-state index contributed by atoms with van der Waals surface area (Å²) >= 11 is 0. The van der Waals surface area contributed by atoms with Gasteiger partial charge in [0, 0.05) is 0 Å². The van der Waals surface area contributed by atoms with Crippen molar-refractivity contribution in [3.63, 3.8) is 0 Å². The van der Waals surface area contributed by atoms with E-state index in [1.165, 1.54) is 0 Å². The van der Waals surface area contributed by atoms with Crippen molar-refractivity contribution in [3.8, 4) is 0 Å². The van der Waals surface area contributed by atoms with Crippen LogP contribution in [0.3, 0.4) is 0 Å². The number of hydrogen-bond acceptors (Lipinski definition) is 0. The Bertz CT molecular complexity index is 53.6. The van der Waals surface area contributed by atoms with Crippen molar-refractivity contribution >= 4 is 7.85 Å². The quantitative estimate of drug-likeness (QED) is 0.399. The van der Waals surface area contributed by atoms with Crippen LogP contribution in [0.2, 0.25) is 0 Å². The summed E-state index contributed by atoms with van der Waals surface area (Å²) in [6.45, 7) is 5.66. The zero-order valence-electron chi connectivity index (χ0n) is 5.46. The number of hydrogen-bond donors (Lipinski definition) is 0. The van der Waals surface area contributed by atoms with E-state index in [0.717, 1.165) is 0 Å². The maximum absolute atomic E-state index is 12.2. The molecule has 0 radical (unpaired) electrons.